The zero-order chi connectivity index (χ0) is 17.2. The Morgan fingerprint density at radius 3 is 2.29 bits per heavy atom. The molecule has 3 rings (SSSR count). The normalized spacial score (nSPS) is 20.7. The quantitative estimate of drug-likeness (QED) is 0.841. The lowest BCUT2D eigenvalue weighted by Gasteiger charge is -2.38. The molecule has 0 N–H and O–H groups in total. The first kappa shape index (κ1) is 16.5. The number of Topliss-reactive ketones (excluding diaryl/α,β-unsaturated/α-hetero) is 1. The second kappa shape index (κ2) is 6.63. The van der Waals surface area contributed by atoms with Crippen molar-refractivity contribution in [2.24, 2.45) is 0 Å². The van der Waals surface area contributed by atoms with E-state index in [0.29, 0.717) is 12.8 Å². The highest BCUT2D eigenvalue weighted by Crippen LogP contribution is 2.44. The SMILES string of the molecule is COc1ccc([C@@]2(c3ccc(OC)c(F)c3)CCCC(=O)C2)cc1. The summed E-state index contributed by atoms with van der Waals surface area (Å²) >= 11 is 0. The van der Waals surface area contributed by atoms with Gasteiger partial charge < -0.3 is 9.47 Å². The molecule has 1 aliphatic carbocycles. The molecule has 0 heterocycles. The molecule has 0 saturated heterocycles. The van der Waals surface area contributed by atoms with Crippen molar-refractivity contribution in [3.8, 4) is 11.5 Å². The summed E-state index contributed by atoms with van der Waals surface area (Å²) < 4.78 is 24.5. The Labute approximate surface area is 141 Å². The fourth-order valence-electron chi connectivity index (χ4n) is 3.63. The average molecular weight is 328 g/mol. The molecular formula is C20H21FO3. The van der Waals surface area contributed by atoms with Crippen LogP contribution in [0.15, 0.2) is 42.5 Å². The maximum atomic E-state index is 14.3. The van der Waals surface area contributed by atoms with E-state index < -0.39 is 11.2 Å². The second-order valence-electron chi connectivity index (χ2n) is 6.23. The molecule has 0 aliphatic heterocycles. The Morgan fingerprint density at radius 1 is 1.00 bits per heavy atom. The van der Waals surface area contributed by atoms with E-state index in [9.17, 15) is 9.18 Å². The molecule has 2 aromatic carbocycles. The summed E-state index contributed by atoms with van der Waals surface area (Å²) in [7, 11) is 3.06. The van der Waals surface area contributed by atoms with E-state index in [2.05, 4.69) is 0 Å². The summed E-state index contributed by atoms with van der Waals surface area (Å²) in [4.78, 5) is 12.2. The molecule has 0 unspecified atom stereocenters. The van der Waals surface area contributed by atoms with E-state index >= 15 is 0 Å². The van der Waals surface area contributed by atoms with Gasteiger partial charge in [-0.05, 0) is 48.2 Å². The van der Waals surface area contributed by atoms with Crippen LogP contribution in [0.5, 0.6) is 11.5 Å². The van der Waals surface area contributed by atoms with Crippen LogP contribution in [0.3, 0.4) is 0 Å². The predicted molar refractivity (Wildman–Crippen MR) is 90.2 cm³/mol. The van der Waals surface area contributed by atoms with E-state index in [1.165, 1.54) is 13.2 Å². The largest absolute Gasteiger partial charge is 0.497 e. The number of benzene rings is 2. The Balaban J connectivity index is 2.11. The van der Waals surface area contributed by atoms with Gasteiger partial charge in [-0.25, -0.2) is 4.39 Å². The third-order valence-electron chi connectivity index (χ3n) is 4.91. The Hall–Kier alpha value is -2.36. The number of rotatable bonds is 4. The topological polar surface area (TPSA) is 35.5 Å². The van der Waals surface area contributed by atoms with Crippen molar-refractivity contribution in [3.05, 3.63) is 59.4 Å². The van der Waals surface area contributed by atoms with Crippen LogP contribution in [-0.2, 0) is 10.2 Å². The zero-order valence-electron chi connectivity index (χ0n) is 14.0. The molecule has 0 amide bonds. The fraction of sp³-hybridized carbons (Fsp3) is 0.350. The first-order valence-corrected chi connectivity index (χ1v) is 8.09. The van der Waals surface area contributed by atoms with Gasteiger partial charge in [0.25, 0.3) is 0 Å². The molecule has 4 heteroatoms. The Morgan fingerprint density at radius 2 is 1.71 bits per heavy atom. The molecule has 0 spiro atoms. The minimum Gasteiger partial charge on any atom is -0.497 e. The summed E-state index contributed by atoms with van der Waals surface area (Å²) in [5.74, 6) is 0.789. The Bertz CT molecular complexity index is 739. The summed E-state index contributed by atoms with van der Waals surface area (Å²) in [5, 5.41) is 0. The van der Waals surface area contributed by atoms with Crippen molar-refractivity contribution in [1.82, 2.24) is 0 Å². The van der Waals surface area contributed by atoms with Gasteiger partial charge in [0, 0.05) is 18.3 Å². The second-order valence-corrected chi connectivity index (χ2v) is 6.23. The first-order valence-electron chi connectivity index (χ1n) is 8.09. The molecule has 3 nitrogen and oxygen atoms in total. The van der Waals surface area contributed by atoms with Crippen LogP contribution in [0.2, 0.25) is 0 Å². The third kappa shape index (κ3) is 2.88. The Kier molecular flexibility index (Phi) is 4.56. The molecule has 24 heavy (non-hydrogen) atoms. The number of carbonyl (C=O) groups is 1. The third-order valence-corrected chi connectivity index (χ3v) is 4.91. The van der Waals surface area contributed by atoms with Crippen molar-refractivity contribution < 1.29 is 18.7 Å². The number of halogens is 1. The monoisotopic (exact) mass is 328 g/mol. The molecule has 2 aromatic rings. The van der Waals surface area contributed by atoms with Gasteiger partial charge in [-0.2, -0.15) is 0 Å². The van der Waals surface area contributed by atoms with Gasteiger partial charge in [-0.3, -0.25) is 4.79 Å². The van der Waals surface area contributed by atoms with Crippen molar-refractivity contribution in [1.29, 1.82) is 0 Å². The maximum Gasteiger partial charge on any atom is 0.165 e. The minimum atomic E-state index is -0.491. The minimum absolute atomic E-state index is 0.214. The van der Waals surface area contributed by atoms with Gasteiger partial charge in [0.15, 0.2) is 11.6 Å². The van der Waals surface area contributed by atoms with Gasteiger partial charge in [-0.15, -0.1) is 0 Å². The van der Waals surface area contributed by atoms with Crippen LogP contribution in [0.4, 0.5) is 4.39 Å². The number of hydrogen-bond acceptors (Lipinski definition) is 3. The summed E-state index contributed by atoms with van der Waals surface area (Å²) in [6, 6.07) is 12.7. The lowest BCUT2D eigenvalue weighted by molar-refractivity contribution is -0.121. The van der Waals surface area contributed by atoms with Crippen LogP contribution in [-0.4, -0.2) is 20.0 Å². The van der Waals surface area contributed by atoms with Crippen LogP contribution in [0.1, 0.15) is 36.8 Å². The molecule has 0 bridgehead atoms. The average Bonchev–Trinajstić information content (AvgIpc) is 2.61. The number of ether oxygens (including phenoxy) is 2. The highest BCUT2D eigenvalue weighted by atomic mass is 19.1. The van der Waals surface area contributed by atoms with E-state index in [0.717, 1.165) is 29.7 Å². The van der Waals surface area contributed by atoms with E-state index in [-0.39, 0.29) is 11.5 Å². The number of carbonyl (C=O) groups excluding carboxylic acids is 1. The number of methoxy groups -OCH3 is 2. The molecule has 1 atom stereocenters. The highest BCUT2D eigenvalue weighted by Gasteiger charge is 2.39. The van der Waals surface area contributed by atoms with Gasteiger partial charge in [0.1, 0.15) is 11.5 Å². The van der Waals surface area contributed by atoms with Gasteiger partial charge in [0.05, 0.1) is 14.2 Å². The molecule has 126 valence electrons. The molecule has 1 fully saturated rings. The smallest absolute Gasteiger partial charge is 0.165 e. The van der Waals surface area contributed by atoms with Crippen LogP contribution in [0, 0.1) is 5.82 Å². The van der Waals surface area contributed by atoms with E-state index in [1.807, 2.05) is 30.3 Å². The maximum absolute atomic E-state index is 14.3. The van der Waals surface area contributed by atoms with Crippen LogP contribution in [0.25, 0.3) is 0 Å². The molecular weight excluding hydrogens is 307 g/mol. The molecule has 0 radical (unpaired) electrons. The van der Waals surface area contributed by atoms with Crippen LogP contribution < -0.4 is 9.47 Å². The standard InChI is InChI=1S/C20H21FO3/c1-23-17-8-5-14(6-9-17)20(11-3-4-16(22)13-20)15-7-10-19(24-2)18(21)12-15/h5-10,12H,3-4,11,13H2,1-2H3/t20-/m1/s1. The van der Waals surface area contributed by atoms with Crippen LogP contribution >= 0.6 is 0 Å². The number of ketones is 1. The van der Waals surface area contributed by atoms with Crippen molar-refractivity contribution >= 4 is 5.78 Å². The highest BCUT2D eigenvalue weighted by molar-refractivity contribution is 5.82. The molecule has 0 aromatic heterocycles. The molecule has 1 aliphatic rings. The van der Waals surface area contributed by atoms with Gasteiger partial charge >= 0.3 is 0 Å². The first-order chi connectivity index (χ1) is 11.6. The van der Waals surface area contributed by atoms with E-state index in [1.54, 1.807) is 13.2 Å². The lowest BCUT2D eigenvalue weighted by Crippen LogP contribution is -2.34. The van der Waals surface area contributed by atoms with Gasteiger partial charge in [-0.1, -0.05) is 18.2 Å². The van der Waals surface area contributed by atoms with Crippen molar-refractivity contribution in [2.45, 2.75) is 31.1 Å². The van der Waals surface area contributed by atoms with Gasteiger partial charge in [0.2, 0.25) is 0 Å². The van der Waals surface area contributed by atoms with Crippen molar-refractivity contribution in [3.63, 3.8) is 0 Å². The number of hydrogen-bond donors (Lipinski definition) is 0. The zero-order valence-corrected chi connectivity index (χ0v) is 14.0. The summed E-state index contributed by atoms with van der Waals surface area (Å²) in [6.07, 6.45) is 2.61. The summed E-state index contributed by atoms with van der Waals surface area (Å²) in [6.45, 7) is 0. The lowest BCUT2D eigenvalue weighted by atomic mass is 9.65. The van der Waals surface area contributed by atoms with Crippen molar-refractivity contribution in [2.75, 3.05) is 14.2 Å². The predicted octanol–water partition coefficient (Wildman–Crippen LogP) is 4.27. The molecule has 1 saturated carbocycles. The van der Waals surface area contributed by atoms with E-state index in [4.69, 9.17) is 9.47 Å². The fourth-order valence-corrected chi connectivity index (χ4v) is 3.63. The summed E-state index contributed by atoms with van der Waals surface area (Å²) in [5.41, 5.74) is 1.34.